The van der Waals surface area contributed by atoms with E-state index in [-0.39, 0.29) is 35.2 Å². The van der Waals surface area contributed by atoms with Crippen molar-refractivity contribution in [3.05, 3.63) is 47.2 Å². The molecule has 1 aliphatic heterocycles. The molecule has 2 aromatic rings. The van der Waals surface area contributed by atoms with Crippen LogP contribution in [0.3, 0.4) is 0 Å². The molecule has 2 unspecified atom stereocenters. The second-order valence-electron chi connectivity index (χ2n) is 5.93. The van der Waals surface area contributed by atoms with Crippen molar-refractivity contribution in [3.63, 3.8) is 0 Å². The first-order chi connectivity index (χ1) is 11.7. The lowest BCUT2D eigenvalue weighted by molar-refractivity contribution is -0.159. The van der Waals surface area contributed by atoms with Crippen LogP contribution in [0.4, 0.5) is 22.0 Å². The number of aliphatic hydroxyl groups excluding tert-OH is 1. The van der Waals surface area contributed by atoms with Crippen molar-refractivity contribution in [2.45, 2.75) is 24.9 Å². The van der Waals surface area contributed by atoms with E-state index in [2.05, 4.69) is 4.98 Å². The Morgan fingerprint density at radius 2 is 1.96 bits per heavy atom. The summed E-state index contributed by atoms with van der Waals surface area (Å²) in [6, 6.07) is 4.20. The maximum Gasteiger partial charge on any atom is 0.399 e. The molecule has 134 valence electrons. The summed E-state index contributed by atoms with van der Waals surface area (Å²) in [6.45, 7) is 0.848. The predicted molar refractivity (Wildman–Crippen MR) is 79.4 cm³/mol. The molecule has 1 aliphatic rings. The molecule has 1 N–H and O–H groups in total. The van der Waals surface area contributed by atoms with Crippen molar-refractivity contribution < 1.29 is 31.8 Å². The van der Waals surface area contributed by atoms with E-state index in [9.17, 15) is 27.1 Å². The number of rotatable bonds is 3. The fraction of sp³-hybridized carbons (Fsp3) is 0.353. The van der Waals surface area contributed by atoms with Gasteiger partial charge in [-0.25, -0.2) is 13.8 Å². The topological polar surface area (TPSA) is 42.4 Å². The van der Waals surface area contributed by atoms with Gasteiger partial charge in [-0.1, -0.05) is 6.92 Å². The largest absolute Gasteiger partial charge is 0.490 e. The number of benzene rings is 1. The molecule has 2 atom stereocenters. The Morgan fingerprint density at radius 3 is 2.56 bits per heavy atom. The van der Waals surface area contributed by atoms with E-state index in [1.165, 1.54) is 12.1 Å². The first-order valence-electron chi connectivity index (χ1n) is 7.53. The van der Waals surface area contributed by atoms with Crippen molar-refractivity contribution in [2.75, 3.05) is 13.2 Å². The van der Waals surface area contributed by atoms with Gasteiger partial charge >= 0.3 is 6.18 Å². The summed E-state index contributed by atoms with van der Waals surface area (Å²) < 4.78 is 71.7. The second kappa shape index (κ2) is 6.25. The van der Waals surface area contributed by atoms with E-state index < -0.39 is 30.3 Å². The Bertz CT molecular complexity index is 806. The molecule has 0 aliphatic carbocycles. The number of hydrogen-bond donors (Lipinski definition) is 1. The summed E-state index contributed by atoms with van der Waals surface area (Å²) >= 11 is 0. The van der Waals surface area contributed by atoms with Crippen LogP contribution in [0.5, 0.6) is 5.75 Å². The molecule has 0 fully saturated rings. The van der Waals surface area contributed by atoms with Gasteiger partial charge in [0.2, 0.25) is 0 Å². The minimum atomic E-state index is -4.69. The Kier molecular flexibility index (Phi) is 4.40. The number of aliphatic hydroxyl groups is 1. The molecule has 3 nitrogen and oxygen atoms in total. The van der Waals surface area contributed by atoms with Crippen LogP contribution in [0.2, 0.25) is 0 Å². The molecule has 1 aromatic heterocycles. The lowest BCUT2D eigenvalue weighted by atomic mass is 9.96. The van der Waals surface area contributed by atoms with Gasteiger partial charge in [0.1, 0.15) is 17.4 Å². The lowest BCUT2D eigenvalue weighted by Crippen LogP contribution is -2.25. The smallest absolute Gasteiger partial charge is 0.399 e. The van der Waals surface area contributed by atoms with E-state index in [1.807, 2.05) is 0 Å². The highest BCUT2D eigenvalue weighted by Crippen LogP contribution is 2.44. The number of ether oxygens (including phenoxy) is 1. The first-order valence-corrected chi connectivity index (χ1v) is 7.53. The summed E-state index contributed by atoms with van der Waals surface area (Å²) in [7, 11) is 0. The molecule has 2 heterocycles. The Labute approximate surface area is 140 Å². The highest BCUT2D eigenvalue weighted by Gasteiger charge is 2.42. The second-order valence-corrected chi connectivity index (χ2v) is 5.93. The number of pyridine rings is 1. The van der Waals surface area contributed by atoms with Crippen LogP contribution in [-0.4, -0.2) is 29.5 Å². The van der Waals surface area contributed by atoms with Crippen LogP contribution in [0.25, 0.3) is 11.3 Å². The average Bonchev–Trinajstić information content (AvgIpc) is 2.90. The number of aromatic nitrogens is 1. The van der Waals surface area contributed by atoms with E-state index in [4.69, 9.17) is 4.74 Å². The molecule has 8 heteroatoms. The lowest BCUT2D eigenvalue weighted by Gasteiger charge is -2.20. The third kappa shape index (κ3) is 3.18. The van der Waals surface area contributed by atoms with Crippen molar-refractivity contribution in [3.8, 4) is 17.0 Å². The summed E-state index contributed by atoms with van der Waals surface area (Å²) in [4.78, 5) is 3.96. The van der Waals surface area contributed by atoms with Crippen LogP contribution in [0.15, 0.2) is 24.3 Å². The average molecular weight is 359 g/mol. The zero-order valence-electron chi connectivity index (χ0n) is 13.1. The Hall–Kier alpha value is -2.22. The van der Waals surface area contributed by atoms with Gasteiger partial charge in [0.15, 0.2) is 11.6 Å². The minimum absolute atomic E-state index is 0.00144. The molecule has 1 aromatic carbocycles. The van der Waals surface area contributed by atoms with E-state index >= 15 is 0 Å². The van der Waals surface area contributed by atoms with Gasteiger partial charge in [-0.15, -0.1) is 0 Å². The summed E-state index contributed by atoms with van der Waals surface area (Å²) in [6.07, 6.45) is -4.69. The van der Waals surface area contributed by atoms with Crippen LogP contribution >= 0.6 is 0 Å². The van der Waals surface area contributed by atoms with Gasteiger partial charge in [-0.2, -0.15) is 13.2 Å². The van der Waals surface area contributed by atoms with Gasteiger partial charge in [0.05, 0.1) is 18.9 Å². The zero-order chi connectivity index (χ0) is 18.4. The van der Waals surface area contributed by atoms with E-state index in [1.54, 1.807) is 6.92 Å². The summed E-state index contributed by atoms with van der Waals surface area (Å²) in [5.41, 5.74) is 0.210. The Morgan fingerprint density at radius 1 is 1.24 bits per heavy atom. The van der Waals surface area contributed by atoms with Gasteiger partial charge in [-0.05, 0) is 24.3 Å². The van der Waals surface area contributed by atoms with Gasteiger partial charge in [0.25, 0.3) is 0 Å². The molecular weight excluding hydrogens is 345 g/mol. The van der Waals surface area contributed by atoms with Crippen LogP contribution in [0.1, 0.15) is 30.0 Å². The van der Waals surface area contributed by atoms with Crippen LogP contribution in [-0.2, 0) is 0 Å². The van der Waals surface area contributed by atoms with E-state index in [0.29, 0.717) is 5.56 Å². The monoisotopic (exact) mass is 359 g/mol. The Balaban J connectivity index is 2.21. The van der Waals surface area contributed by atoms with Crippen molar-refractivity contribution in [1.29, 1.82) is 0 Å². The molecule has 0 saturated carbocycles. The molecule has 0 radical (unpaired) electrons. The van der Waals surface area contributed by atoms with Crippen molar-refractivity contribution >= 4 is 0 Å². The fourth-order valence-electron chi connectivity index (χ4n) is 2.77. The van der Waals surface area contributed by atoms with Gasteiger partial charge < -0.3 is 9.84 Å². The molecule has 0 bridgehead atoms. The third-order valence-corrected chi connectivity index (χ3v) is 4.16. The number of alkyl halides is 3. The van der Waals surface area contributed by atoms with Gasteiger partial charge in [-0.3, -0.25) is 0 Å². The predicted octanol–water partition coefficient (Wildman–Crippen LogP) is 4.16. The highest BCUT2D eigenvalue weighted by atomic mass is 19.4. The molecule has 0 amide bonds. The van der Waals surface area contributed by atoms with Crippen molar-refractivity contribution in [1.82, 2.24) is 4.98 Å². The van der Waals surface area contributed by atoms with Crippen LogP contribution in [0, 0.1) is 11.6 Å². The number of nitrogens with zero attached hydrogens (tertiary/aromatic N) is 1. The highest BCUT2D eigenvalue weighted by molar-refractivity contribution is 5.70. The maximum atomic E-state index is 13.5. The SMILES string of the molecule is CC1COc2c1cc(C(CO)C(F)(F)F)nc2-c1ccc(F)c(F)c1. The van der Waals surface area contributed by atoms with Crippen molar-refractivity contribution in [2.24, 2.45) is 0 Å². The number of hydrogen-bond acceptors (Lipinski definition) is 3. The molecule has 25 heavy (non-hydrogen) atoms. The van der Waals surface area contributed by atoms with Crippen LogP contribution < -0.4 is 4.74 Å². The molecule has 0 spiro atoms. The molecule has 3 rings (SSSR count). The van der Waals surface area contributed by atoms with E-state index in [0.717, 1.165) is 12.1 Å². The third-order valence-electron chi connectivity index (χ3n) is 4.16. The zero-order valence-corrected chi connectivity index (χ0v) is 13.1. The minimum Gasteiger partial charge on any atom is -0.490 e. The summed E-state index contributed by atoms with van der Waals surface area (Å²) in [5, 5.41) is 9.17. The number of halogens is 5. The quantitative estimate of drug-likeness (QED) is 0.837. The number of fused-ring (bicyclic) bond motifs is 1. The fourth-order valence-corrected chi connectivity index (χ4v) is 2.77. The molecular formula is C17H14F5NO2. The maximum absolute atomic E-state index is 13.5. The normalized spacial score (nSPS) is 18.0. The standard InChI is InChI=1S/C17H14F5NO2/c1-8-7-25-16-10(8)5-14(11(6-24)17(20,21)22)23-15(16)9-2-3-12(18)13(19)4-9/h2-5,8,11,24H,6-7H2,1H3. The summed E-state index contributed by atoms with van der Waals surface area (Å²) in [5.74, 6) is -4.32. The first kappa shape index (κ1) is 17.6. The molecule has 0 saturated heterocycles. The van der Waals surface area contributed by atoms with Gasteiger partial charge in [0, 0.05) is 17.0 Å².